The lowest BCUT2D eigenvalue weighted by Gasteiger charge is -2.18. The third kappa shape index (κ3) is 10.9. The Balaban J connectivity index is 0.00000729. The predicted octanol–water partition coefficient (Wildman–Crippen LogP) is 4.59. The molecule has 2 N–H and O–H groups in total. The Labute approximate surface area is 193 Å². The number of hydrogen-bond acceptors (Lipinski definition) is 4. The molecule has 0 amide bonds. The van der Waals surface area contributed by atoms with Crippen molar-refractivity contribution in [3.05, 3.63) is 5.82 Å². The number of aryl methyl sites for hydroxylation is 1. The first kappa shape index (κ1) is 27.5. The van der Waals surface area contributed by atoms with E-state index in [1.165, 1.54) is 19.3 Å². The summed E-state index contributed by atoms with van der Waals surface area (Å²) in [5, 5.41) is 16.6. The summed E-state index contributed by atoms with van der Waals surface area (Å²) in [6.45, 7) is 13.1. The molecule has 0 bridgehead atoms. The van der Waals surface area contributed by atoms with Gasteiger partial charge >= 0.3 is 0 Å². The van der Waals surface area contributed by atoms with Gasteiger partial charge in [0.25, 0.3) is 0 Å². The van der Waals surface area contributed by atoms with Gasteiger partial charge in [0.05, 0.1) is 0 Å². The molecule has 1 atom stereocenters. The molecule has 6 nitrogen and oxygen atoms in total. The Morgan fingerprint density at radius 3 is 2.36 bits per heavy atom. The molecule has 1 aromatic rings. The first-order valence-corrected chi connectivity index (χ1v) is 11.5. The third-order valence-corrected chi connectivity index (χ3v) is 5.09. The molecule has 0 radical (unpaired) electrons. The van der Waals surface area contributed by atoms with Crippen LogP contribution >= 0.6 is 35.7 Å². The molecule has 164 valence electrons. The van der Waals surface area contributed by atoms with Gasteiger partial charge in [-0.3, -0.25) is 4.99 Å². The number of thioether (sulfide) groups is 1. The van der Waals surface area contributed by atoms with E-state index < -0.39 is 0 Å². The second kappa shape index (κ2) is 15.3. The van der Waals surface area contributed by atoms with Gasteiger partial charge in [-0.05, 0) is 37.9 Å². The van der Waals surface area contributed by atoms with Crippen LogP contribution in [0.4, 0.5) is 0 Å². The minimum Gasteiger partial charge on any atom is -0.356 e. The van der Waals surface area contributed by atoms with Crippen LogP contribution in [0.2, 0.25) is 0 Å². The van der Waals surface area contributed by atoms with Crippen LogP contribution in [0.15, 0.2) is 10.1 Å². The number of nitrogens with one attached hydrogen (secondary N) is 2. The van der Waals surface area contributed by atoms with Crippen LogP contribution in [0.5, 0.6) is 0 Å². The van der Waals surface area contributed by atoms with E-state index in [9.17, 15) is 0 Å². The summed E-state index contributed by atoms with van der Waals surface area (Å²) in [6.07, 6.45) is 7.71. The molecule has 1 heterocycles. The van der Waals surface area contributed by atoms with E-state index in [0.29, 0.717) is 12.0 Å². The molecule has 1 aromatic heterocycles. The first-order valence-electron chi connectivity index (χ1n) is 10.3. The third-order valence-electron chi connectivity index (χ3n) is 4.42. The van der Waals surface area contributed by atoms with E-state index in [2.05, 4.69) is 71.3 Å². The van der Waals surface area contributed by atoms with Crippen molar-refractivity contribution in [3.63, 3.8) is 0 Å². The predicted molar refractivity (Wildman–Crippen MR) is 133 cm³/mol. The summed E-state index contributed by atoms with van der Waals surface area (Å²) < 4.78 is 2.26. The number of rotatable bonds is 12. The fourth-order valence-electron chi connectivity index (χ4n) is 2.99. The van der Waals surface area contributed by atoms with Crippen LogP contribution < -0.4 is 10.6 Å². The number of hydrogen-bond donors (Lipinski definition) is 2. The maximum Gasteiger partial charge on any atom is 0.191 e. The summed E-state index contributed by atoms with van der Waals surface area (Å²) in [6, 6.07) is 0.438. The lowest BCUT2D eigenvalue weighted by atomic mass is 10.0. The molecular formula is C20H41IN6S. The van der Waals surface area contributed by atoms with E-state index in [4.69, 9.17) is 0 Å². The van der Waals surface area contributed by atoms with E-state index in [-0.39, 0.29) is 24.0 Å². The average molecular weight is 525 g/mol. The van der Waals surface area contributed by atoms with Gasteiger partial charge in [-0.25, -0.2) is 0 Å². The van der Waals surface area contributed by atoms with E-state index >= 15 is 0 Å². The summed E-state index contributed by atoms with van der Waals surface area (Å²) in [5.41, 5.74) is 0. The standard InChI is InChI=1S/C20H40N6S.HI/c1-15(2)10-8-11-17(5)23-19(21-6)22-13-9-12-18-24-25-20(27-7)26(18)14-16(3)4;/h15-17H,8-14H2,1-7H3,(H2,21,22,23);1H. The number of aliphatic imine (C=N–C) groups is 1. The minimum absolute atomic E-state index is 0. The zero-order valence-electron chi connectivity index (χ0n) is 18.8. The van der Waals surface area contributed by atoms with Gasteiger partial charge in [0.2, 0.25) is 0 Å². The van der Waals surface area contributed by atoms with Gasteiger partial charge < -0.3 is 15.2 Å². The maximum atomic E-state index is 4.39. The molecule has 8 heteroatoms. The van der Waals surface area contributed by atoms with Gasteiger partial charge in [0.1, 0.15) is 5.82 Å². The van der Waals surface area contributed by atoms with Crippen molar-refractivity contribution in [3.8, 4) is 0 Å². The topological polar surface area (TPSA) is 67.1 Å². The van der Waals surface area contributed by atoms with Crippen molar-refractivity contribution in [2.75, 3.05) is 19.8 Å². The Morgan fingerprint density at radius 1 is 1.07 bits per heavy atom. The summed E-state index contributed by atoms with van der Waals surface area (Å²) in [5.74, 6) is 3.34. The van der Waals surface area contributed by atoms with E-state index in [0.717, 1.165) is 48.8 Å². The van der Waals surface area contributed by atoms with Gasteiger partial charge in [-0.15, -0.1) is 34.2 Å². The molecule has 0 aliphatic carbocycles. The van der Waals surface area contributed by atoms with Gasteiger partial charge in [0.15, 0.2) is 11.1 Å². The summed E-state index contributed by atoms with van der Waals surface area (Å²) >= 11 is 1.67. The Kier molecular flexibility index (Phi) is 15.1. The normalized spacial score (nSPS) is 13.0. The van der Waals surface area contributed by atoms with Crippen LogP contribution in [0.25, 0.3) is 0 Å². The molecule has 0 aliphatic heterocycles. The second-order valence-electron chi connectivity index (χ2n) is 8.08. The van der Waals surface area contributed by atoms with Gasteiger partial charge in [-0.1, -0.05) is 52.3 Å². The monoisotopic (exact) mass is 524 g/mol. The first-order chi connectivity index (χ1) is 12.9. The highest BCUT2D eigenvalue weighted by molar-refractivity contribution is 14.0. The zero-order chi connectivity index (χ0) is 20.2. The Hall–Kier alpha value is -0.510. The number of nitrogens with zero attached hydrogens (tertiary/aromatic N) is 4. The molecular weight excluding hydrogens is 483 g/mol. The molecule has 0 saturated carbocycles. The second-order valence-corrected chi connectivity index (χ2v) is 8.85. The van der Waals surface area contributed by atoms with Crippen molar-refractivity contribution < 1.29 is 0 Å². The quantitative estimate of drug-likeness (QED) is 0.138. The van der Waals surface area contributed by atoms with Crippen LogP contribution in [0, 0.1) is 11.8 Å². The van der Waals surface area contributed by atoms with E-state index in [1.807, 2.05) is 7.05 Å². The van der Waals surface area contributed by atoms with Crippen molar-refractivity contribution in [2.24, 2.45) is 16.8 Å². The number of halogens is 1. The van der Waals surface area contributed by atoms with Crippen molar-refractivity contribution >= 4 is 41.7 Å². The van der Waals surface area contributed by atoms with Crippen LogP contribution in [-0.2, 0) is 13.0 Å². The van der Waals surface area contributed by atoms with Crippen molar-refractivity contribution in [1.82, 2.24) is 25.4 Å². The van der Waals surface area contributed by atoms with Crippen LogP contribution in [0.1, 0.15) is 66.1 Å². The van der Waals surface area contributed by atoms with E-state index in [1.54, 1.807) is 11.8 Å². The van der Waals surface area contributed by atoms with Crippen molar-refractivity contribution in [2.45, 2.75) is 84.5 Å². The largest absolute Gasteiger partial charge is 0.356 e. The summed E-state index contributed by atoms with van der Waals surface area (Å²) in [7, 11) is 1.83. The molecule has 1 unspecified atom stereocenters. The lowest BCUT2D eigenvalue weighted by molar-refractivity contribution is 0.476. The Bertz CT molecular complexity index is 559. The molecule has 1 rings (SSSR count). The molecule has 28 heavy (non-hydrogen) atoms. The van der Waals surface area contributed by atoms with Crippen LogP contribution in [-0.4, -0.2) is 46.6 Å². The van der Waals surface area contributed by atoms with Crippen LogP contribution in [0.3, 0.4) is 0 Å². The van der Waals surface area contributed by atoms with Gasteiger partial charge in [0, 0.05) is 32.6 Å². The molecule has 0 spiro atoms. The number of aromatic nitrogens is 3. The molecule has 0 aliphatic rings. The molecule has 0 fully saturated rings. The summed E-state index contributed by atoms with van der Waals surface area (Å²) in [4.78, 5) is 4.35. The minimum atomic E-state index is 0. The van der Waals surface area contributed by atoms with Gasteiger partial charge in [-0.2, -0.15) is 0 Å². The average Bonchev–Trinajstić information content (AvgIpc) is 2.98. The molecule has 0 aromatic carbocycles. The SMILES string of the molecule is CN=C(NCCCc1nnc(SC)n1CC(C)C)NC(C)CCCC(C)C.I. The Morgan fingerprint density at radius 2 is 1.79 bits per heavy atom. The maximum absolute atomic E-state index is 4.39. The zero-order valence-corrected chi connectivity index (χ0v) is 21.9. The highest BCUT2D eigenvalue weighted by atomic mass is 127. The fourth-order valence-corrected chi connectivity index (χ4v) is 3.51. The highest BCUT2D eigenvalue weighted by Crippen LogP contribution is 2.16. The lowest BCUT2D eigenvalue weighted by Crippen LogP contribution is -2.42. The fraction of sp³-hybridized carbons (Fsp3) is 0.850. The molecule has 0 saturated heterocycles. The smallest absolute Gasteiger partial charge is 0.191 e. The number of guanidine groups is 1. The highest BCUT2D eigenvalue weighted by Gasteiger charge is 2.12. The van der Waals surface area contributed by atoms with Crippen molar-refractivity contribution in [1.29, 1.82) is 0 Å².